The summed E-state index contributed by atoms with van der Waals surface area (Å²) in [7, 11) is 0. The summed E-state index contributed by atoms with van der Waals surface area (Å²) in [4.78, 5) is 4.40. The average Bonchev–Trinajstić information content (AvgIpc) is 2.63. The third kappa shape index (κ3) is 3.21. The fourth-order valence-electron chi connectivity index (χ4n) is 2.50. The topological polar surface area (TPSA) is 43.8 Å². The lowest BCUT2D eigenvalue weighted by molar-refractivity contribution is 0.457. The van der Waals surface area contributed by atoms with Crippen LogP contribution in [0, 0.1) is 5.92 Å². The van der Waals surface area contributed by atoms with Crippen molar-refractivity contribution in [2.75, 3.05) is 5.73 Å². The molecule has 2 rings (SSSR count). The van der Waals surface area contributed by atoms with Crippen molar-refractivity contribution in [2.24, 2.45) is 5.92 Å². The number of halogens is 1. The second-order valence-corrected chi connectivity index (χ2v) is 6.08. The van der Waals surface area contributed by atoms with Gasteiger partial charge in [-0.25, -0.2) is 4.98 Å². The number of fused-ring (bicyclic) bond motifs is 1. The molecule has 0 radical (unpaired) electrons. The number of imidazole rings is 1. The second-order valence-electron chi connectivity index (χ2n) is 5.65. The van der Waals surface area contributed by atoms with Crippen molar-refractivity contribution in [3.05, 3.63) is 23.2 Å². The van der Waals surface area contributed by atoms with E-state index >= 15 is 0 Å². The molecule has 2 aromatic rings. The van der Waals surface area contributed by atoms with Crippen LogP contribution in [0.25, 0.3) is 11.0 Å². The standard InChI is InChI=1S/C15H22ClN3/c1-10(2)5-4-6-11(3)19-14-9-12(16)7-8-13(14)18-15(19)17/h7-11H,4-6H2,1-3H3,(H2,17,18). The van der Waals surface area contributed by atoms with Gasteiger partial charge in [0.1, 0.15) is 0 Å². The number of aromatic nitrogens is 2. The van der Waals surface area contributed by atoms with Crippen LogP contribution < -0.4 is 5.73 Å². The van der Waals surface area contributed by atoms with E-state index in [9.17, 15) is 0 Å². The molecule has 0 amide bonds. The third-order valence-electron chi connectivity index (χ3n) is 3.52. The molecule has 1 aromatic carbocycles. The zero-order valence-electron chi connectivity index (χ0n) is 11.9. The highest BCUT2D eigenvalue weighted by atomic mass is 35.5. The normalized spacial score (nSPS) is 13.3. The van der Waals surface area contributed by atoms with Crippen molar-refractivity contribution in [3.63, 3.8) is 0 Å². The summed E-state index contributed by atoms with van der Waals surface area (Å²) in [5.41, 5.74) is 7.99. The van der Waals surface area contributed by atoms with Crippen molar-refractivity contribution < 1.29 is 0 Å². The van der Waals surface area contributed by atoms with Crippen LogP contribution in [0.4, 0.5) is 5.95 Å². The first kappa shape index (κ1) is 14.2. The Balaban J connectivity index is 2.23. The first-order chi connectivity index (χ1) is 8.99. The fourth-order valence-corrected chi connectivity index (χ4v) is 2.66. The predicted octanol–water partition coefficient (Wildman–Crippen LogP) is 4.66. The minimum atomic E-state index is 0.349. The van der Waals surface area contributed by atoms with Gasteiger partial charge >= 0.3 is 0 Å². The zero-order chi connectivity index (χ0) is 14.0. The van der Waals surface area contributed by atoms with E-state index < -0.39 is 0 Å². The lowest BCUT2D eigenvalue weighted by Crippen LogP contribution is -2.09. The molecule has 1 heterocycles. The lowest BCUT2D eigenvalue weighted by Gasteiger charge is -2.16. The lowest BCUT2D eigenvalue weighted by atomic mass is 10.0. The first-order valence-electron chi connectivity index (χ1n) is 6.92. The number of rotatable bonds is 5. The molecular formula is C15H22ClN3. The van der Waals surface area contributed by atoms with Crippen LogP contribution in [0.15, 0.2) is 18.2 Å². The van der Waals surface area contributed by atoms with Crippen LogP contribution in [-0.4, -0.2) is 9.55 Å². The van der Waals surface area contributed by atoms with Gasteiger partial charge in [0.05, 0.1) is 11.0 Å². The maximum absolute atomic E-state index is 6.07. The van der Waals surface area contributed by atoms with Crippen LogP contribution in [-0.2, 0) is 0 Å². The number of nitrogens with zero attached hydrogens (tertiary/aromatic N) is 2. The van der Waals surface area contributed by atoms with Gasteiger partial charge in [-0.05, 0) is 37.5 Å². The molecule has 0 fully saturated rings. The smallest absolute Gasteiger partial charge is 0.201 e. The van der Waals surface area contributed by atoms with E-state index in [0.29, 0.717) is 12.0 Å². The molecule has 0 aliphatic carbocycles. The summed E-state index contributed by atoms with van der Waals surface area (Å²) in [6, 6.07) is 6.07. The van der Waals surface area contributed by atoms with Gasteiger partial charge < -0.3 is 10.3 Å². The van der Waals surface area contributed by atoms with Crippen LogP contribution >= 0.6 is 11.6 Å². The van der Waals surface area contributed by atoms with Gasteiger partial charge in [0, 0.05) is 11.1 Å². The molecule has 0 aliphatic heterocycles. The Bertz CT molecular complexity index is 560. The van der Waals surface area contributed by atoms with Crippen LogP contribution in [0.2, 0.25) is 5.02 Å². The van der Waals surface area contributed by atoms with Crippen LogP contribution in [0.5, 0.6) is 0 Å². The van der Waals surface area contributed by atoms with Gasteiger partial charge in [0.15, 0.2) is 0 Å². The summed E-state index contributed by atoms with van der Waals surface area (Å²) in [6.07, 6.45) is 3.57. The molecule has 0 saturated heterocycles. The maximum atomic E-state index is 6.07. The van der Waals surface area contributed by atoms with Gasteiger partial charge in [-0.1, -0.05) is 38.3 Å². The van der Waals surface area contributed by atoms with E-state index in [2.05, 4.69) is 30.3 Å². The number of hydrogen-bond acceptors (Lipinski definition) is 2. The van der Waals surface area contributed by atoms with Gasteiger partial charge in [0.2, 0.25) is 5.95 Å². The monoisotopic (exact) mass is 279 g/mol. The van der Waals surface area contributed by atoms with Gasteiger partial charge in [-0.2, -0.15) is 0 Å². The molecule has 0 saturated carbocycles. The Labute approximate surface area is 119 Å². The molecule has 0 aliphatic rings. The highest BCUT2D eigenvalue weighted by Crippen LogP contribution is 2.28. The Hall–Kier alpha value is -1.22. The van der Waals surface area contributed by atoms with Crippen molar-refractivity contribution in [1.82, 2.24) is 9.55 Å². The van der Waals surface area contributed by atoms with Crippen LogP contribution in [0.3, 0.4) is 0 Å². The highest BCUT2D eigenvalue weighted by molar-refractivity contribution is 6.31. The number of benzene rings is 1. The molecule has 2 N–H and O–H groups in total. The SMILES string of the molecule is CC(C)CCCC(C)n1c(N)nc2ccc(Cl)cc21. The van der Waals surface area contributed by atoms with E-state index in [4.69, 9.17) is 17.3 Å². The summed E-state index contributed by atoms with van der Waals surface area (Å²) in [5, 5.41) is 0.725. The predicted molar refractivity (Wildman–Crippen MR) is 82.6 cm³/mol. The third-order valence-corrected chi connectivity index (χ3v) is 3.76. The quantitative estimate of drug-likeness (QED) is 0.865. The molecule has 1 unspecified atom stereocenters. The molecule has 3 nitrogen and oxygen atoms in total. The Morgan fingerprint density at radius 3 is 2.68 bits per heavy atom. The van der Waals surface area contributed by atoms with E-state index in [1.807, 2.05) is 18.2 Å². The molecule has 1 aromatic heterocycles. The summed E-state index contributed by atoms with van der Waals surface area (Å²) in [5.74, 6) is 1.33. The Morgan fingerprint density at radius 1 is 1.26 bits per heavy atom. The number of nitrogens with two attached hydrogens (primary N) is 1. The highest BCUT2D eigenvalue weighted by Gasteiger charge is 2.14. The average molecular weight is 280 g/mol. The molecule has 4 heteroatoms. The number of anilines is 1. The van der Waals surface area contributed by atoms with Crippen LogP contribution in [0.1, 0.15) is 46.1 Å². The van der Waals surface area contributed by atoms with E-state index in [-0.39, 0.29) is 0 Å². The molecule has 104 valence electrons. The molecule has 19 heavy (non-hydrogen) atoms. The largest absolute Gasteiger partial charge is 0.369 e. The van der Waals surface area contributed by atoms with E-state index in [0.717, 1.165) is 28.4 Å². The summed E-state index contributed by atoms with van der Waals surface area (Å²) < 4.78 is 2.10. The zero-order valence-corrected chi connectivity index (χ0v) is 12.6. The molecule has 1 atom stereocenters. The number of hydrogen-bond donors (Lipinski definition) is 1. The second kappa shape index (κ2) is 5.83. The van der Waals surface area contributed by atoms with E-state index in [1.54, 1.807) is 0 Å². The Kier molecular flexibility index (Phi) is 4.35. The van der Waals surface area contributed by atoms with Gasteiger partial charge in [-0.3, -0.25) is 0 Å². The van der Waals surface area contributed by atoms with Gasteiger partial charge in [-0.15, -0.1) is 0 Å². The number of nitrogen functional groups attached to an aromatic ring is 1. The molecule has 0 spiro atoms. The minimum Gasteiger partial charge on any atom is -0.369 e. The molecular weight excluding hydrogens is 258 g/mol. The minimum absolute atomic E-state index is 0.349. The van der Waals surface area contributed by atoms with E-state index in [1.165, 1.54) is 12.8 Å². The summed E-state index contributed by atoms with van der Waals surface area (Å²) >= 11 is 6.07. The van der Waals surface area contributed by atoms with Gasteiger partial charge in [0.25, 0.3) is 0 Å². The fraction of sp³-hybridized carbons (Fsp3) is 0.533. The first-order valence-corrected chi connectivity index (χ1v) is 7.29. The van der Waals surface area contributed by atoms with Crippen molar-refractivity contribution in [1.29, 1.82) is 0 Å². The Morgan fingerprint density at radius 2 is 2.00 bits per heavy atom. The molecule has 0 bridgehead atoms. The maximum Gasteiger partial charge on any atom is 0.201 e. The van der Waals surface area contributed by atoms with Crippen molar-refractivity contribution in [2.45, 2.75) is 46.1 Å². The van der Waals surface area contributed by atoms with Crippen molar-refractivity contribution >= 4 is 28.6 Å². The van der Waals surface area contributed by atoms with Crippen molar-refractivity contribution in [3.8, 4) is 0 Å². The summed E-state index contributed by atoms with van der Waals surface area (Å²) in [6.45, 7) is 6.70.